The average Bonchev–Trinajstić information content (AvgIpc) is 2.82. The molecule has 2 N–H and O–H groups in total. The molecule has 0 radical (unpaired) electrons. The van der Waals surface area contributed by atoms with Crippen LogP contribution in [0.1, 0.15) is 12.5 Å². The number of nitrogens with one attached hydrogen (secondary N) is 2. The number of amides is 4. The maximum absolute atomic E-state index is 12.7. The molecule has 0 unspecified atom stereocenters. The first-order valence-electron chi connectivity index (χ1n) is 7.66. The van der Waals surface area contributed by atoms with Crippen molar-refractivity contribution in [3.05, 3.63) is 65.2 Å². The summed E-state index contributed by atoms with van der Waals surface area (Å²) in [6.07, 6.45) is 0. The van der Waals surface area contributed by atoms with E-state index in [1.54, 1.807) is 55.5 Å². The van der Waals surface area contributed by atoms with Gasteiger partial charge in [0.2, 0.25) is 5.91 Å². The molecule has 0 bridgehead atoms. The molecule has 25 heavy (non-hydrogen) atoms. The molecule has 2 aromatic carbocycles. The second kappa shape index (κ2) is 6.57. The Hall–Kier alpha value is -2.86. The van der Waals surface area contributed by atoms with Gasteiger partial charge in [-0.1, -0.05) is 54.1 Å². The van der Waals surface area contributed by atoms with Crippen LogP contribution in [-0.2, 0) is 15.1 Å². The van der Waals surface area contributed by atoms with Gasteiger partial charge in [0.25, 0.3) is 5.91 Å². The van der Waals surface area contributed by atoms with Crippen LogP contribution in [0.3, 0.4) is 0 Å². The van der Waals surface area contributed by atoms with E-state index in [-0.39, 0.29) is 0 Å². The summed E-state index contributed by atoms with van der Waals surface area (Å²) in [7, 11) is 0. The van der Waals surface area contributed by atoms with E-state index in [0.29, 0.717) is 16.3 Å². The molecule has 2 aromatic rings. The minimum atomic E-state index is -1.19. The molecule has 0 aliphatic carbocycles. The number of nitrogens with zero attached hydrogens (tertiary/aromatic N) is 1. The van der Waals surface area contributed by atoms with E-state index in [2.05, 4.69) is 10.6 Å². The molecule has 7 heteroatoms. The number of imide groups is 1. The Morgan fingerprint density at radius 2 is 1.76 bits per heavy atom. The van der Waals surface area contributed by atoms with Crippen LogP contribution < -0.4 is 10.6 Å². The topological polar surface area (TPSA) is 78.5 Å². The summed E-state index contributed by atoms with van der Waals surface area (Å²) in [6, 6.07) is 15.0. The van der Waals surface area contributed by atoms with Crippen LogP contribution in [0.25, 0.3) is 0 Å². The number of rotatable bonds is 4. The normalized spacial score (nSPS) is 19.7. The summed E-state index contributed by atoms with van der Waals surface area (Å²) in [5.41, 5.74) is -0.113. The summed E-state index contributed by atoms with van der Waals surface area (Å²) in [5.74, 6) is -0.980. The van der Waals surface area contributed by atoms with E-state index in [1.165, 1.54) is 0 Å². The molecule has 1 saturated heterocycles. The highest BCUT2D eigenvalue weighted by atomic mass is 35.5. The second-order valence-corrected chi connectivity index (χ2v) is 6.25. The summed E-state index contributed by atoms with van der Waals surface area (Å²) in [5, 5.41) is 5.64. The number of hydrogen-bond donors (Lipinski definition) is 2. The van der Waals surface area contributed by atoms with Crippen molar-refractivity contribution in [2.45, 2.75) is 12.5 Å². The molecule has 0 spiro atoms. The summed E-state index contributed by atoms with van der Waals surface area (Å²) in [6.45, 7) is 1.23. The first kappa shape index (κ1) is 17.0. The molecule has 1 heterocycles. The average molecular weight is 358 g/mol. The lowest BCUT2D eigenvalue weighted by atomic mass is 9.92. The highest BCUT2D eigenvalue weighted by Gasteiger charge is 2.49. The van der Waals surface area contributed by atoms with Crippen molar-refractivity contribution < 1.29 is 14.4 Å². The van der Waals surface area contributed by atoms with Gasteiger partial charge in [-0.15, -0.1) is 0 Å². The molecule has 1 aliphatic rings. The zero-order valence-electron chi connectivity index (χ0n) is 13.5. The van der Waals surface area contributed by atoms with E-state index in [9.17, 15) is 14.4 Å². The maximum atomic E-state index is 12.7. The first-order chi connectivity index (χ1) is 11.9. The van der Waals surface area contributed by atoms with Crippen molar-refractivity contribution in [2.24, 2.45) is 0 Å². The number of para-hydroxylation sites is 1. The van der Waals surface area contributed by atoms with Crippen LogP contribution in [0.4, 0.5) is 10.5 Å². The second-order valence-electron chi connectivity index (χ2n) is 5.84. The third-order valence-corrected chi connectivity index (χ3v) is 4.41. The summed E-state index contributed by atoms with van der Waals surface area (Å²) in [4.78, 5) is 38.1. The van der Waals surface area contributed by atoms with Crippen molar-refractivity contribution in [3.63, 3.8) is 0 Å². The lowest BCUT2D eigenvalue weighted by Gasteiger charge is -2.22. The third-order valence-electron chi connectivity index (χ3n) is 4.08. The summed E-state index contributed by atoms with van der Waals surface area (Å²) >= 11 is 5.99. The monoisotopic (exact) mass is 357 g/mol. The standard InChI is InChI=1S/C18H16ClN3O3/c1-18(12-7-3-2-4-8-12)16(24)22(17(25)21-18)11-15(23)20-14-10-6-5-9-13(14)19/h2-10H,11H2,1H3,(H,20,23)(H,21,25)/t18-/m0/s1. The lowest BCUT2D eigenvalue weighted by molar-refractivity contribution is -0.133. The van der Waals surface area contributed by atoms with E-state index in [4.69, 9.17) is 11.6 Å². The minimum absolute atomic E-state index is 0.377. The summed E-state index contributed by atoms with van der Waals surface area (Å²) < 4.78 is 0. The third kappa shape index (κ3) is 3.21. The molecule has 0 aromatic heterocycles. The molecular formula is C18H16ClN3O3. The number of urea groups is 1. The van der Waals surface area contributed by atoms with E-state index >= 15 is 0 Å². The minimum Gasteiger partial charge on any atom is -0.323 e. The molecule has 128 valence electrons. The first-order valence-corrected chi connectivity index (χ1v) is 8.03. The van der Waals surface area contributed by atoms with Crippen LogP contribution in [0, 0.1) is 0 Å². The van der Waals surface area contributed by atoms with Gasteiger partial charge in [0.15, 0.2) is 0 Å². The van der Waals surface area contributed by atoms with Crippen molar-refractivity contribution >= 4 is 35.1 Å². The molecule has 3 rings (SSSR count). The van der Waals surface area contributed by atoms with Crippen LogP contribution in [-0.4, -0.2) is 29.3 Å². The largest absolute Gasteiger partial charge is 0.325 e. The number of carbonyl (C=O) groups is 3. The van der Waals surface area contributed by atoms with Gasteiger partial charge in [-0.25, -0.2) is 4.79 Å². The Labute approximate surface area is 149 Å². The molecule has 1 aliphatic heterocycles. The fourth-order valence-corrected chi connectivity index (χ4v) is 2.89. The van der Waals surface area contributed by atoms with Gasteiger partial charge in [0.1, 0.15) is 12.1 Å². The van der Waals surface area contributed by atoms with E-state index in [0.717, 1.165) is 4.90 Å². The Kier molecular flexibility index (Phi) is 4.46. The number of carbonyl (C=O) groups excluding carboxylic acids is 3. The zero-order chi connectivity index (χ0) is 18.0. The molecule has 1 fully saturated rings. The quantitative estimate of drug-likeness (QED) is 0.826. The number of hydrogen-bond acceptors (Lipinski definition) is 3. The van der Waals surface area contributed by atoms with E-state index in [1.807, 2.05) is 6.07 Å². The zero-order valence-corrected chi connectivity index (χ0v) is 14.2. The predicted octanol–water partition coefficient (Wildman–Crippen LogP) is 2.75. The van der Waals surface area contributed by atoms with Gasteiger partial charge >= 0.3 is 6.03 Å². The predicted molar refractivity (Wildman–Crippen MR) is 94.1 cm³/mol. The molecule has 4 amide bonds. The van der Waals surface area contributed by atoms with E-state index < -0.39 is 29.9 Å². The Morgan fingerprint density at radius 1 is 1.12 bits per heavy atom. The van der Waals surface area contributed by atoms with Crippen LogP contribution in [0.5, 0.6) is 0 Å². The van der Waals surface area contributed by atoms with Crippen molar-refractivity contribution in [2.75, 3.05) is 11.9 Å². The molecule has 6 nitrogen and oxygen atoms in total. The Bertz CT molecular complexity index is 840. The van der Waals surface area contributed by atoms with Crippen molar-refractivity contribution in [3.8, 4) is 0 Å². The fraction of sp³-hybridized carbons (Fsp3) is 0.167. The Balaban J connectivity index is 1.75. The fourth-order valence-electron chi connectivity index (χ4n) is 2.70. The highest BCUT2D eigenvalue weighted by Crippen LogP contribution is 2.28. The van der Waals surface area contributed by atoms with Gasteiger partial charge in [-0.2, -0.15) is 0 Å². The van der Waals surface area contributed by atoms with Gasteiger partial charge in [-0.3, -0.25) is 14.5 Å². The van der Waals surface area contributed by atoms with Gasteiger partial charge in [0.05, 0.1) is 10.7 Å². The van der Waals surface area contributed by atoms with Crippen LogP contribution in [0.2, 0.25) is 5.02 Å². The molecule has 0 saturated carbocycles. The van der Waals surface area contributed by atoms with Crippen molar-refractivity contribution in [1.82, 2.24) is 10.2 Å². The van der Waals surface area contributed by atoms with Crippen molar-refractivity contribution in [1.29, 1.82) is 0 Å². The van der Waals surface area contributed by atoms with Gasteiger partial charge in [-0.05, 0) is 24.6 Å². The lowest BCUT2D eigenvalue weighted by Crippen LogP contribution is -2.42. The molecular weight excluding hydrogens is 342 g/mol. The van der Waals surface area contributed by atoms with Gasteiger partial charge < -0.3 is 10.6 Å². The SMILES string of the molecule is C[C@@]1(c2ccccc2)NC(=O)N(CC(=O)Nc2ccccc2Cl)C1=O. The Morgan fingerprint density at radius 3 is 2.44 bits per heavy atom. The number of halogens is 1. The van der Waals surface area contributed by atoms with Gasteiger partial charge in [0, 0.05) is 0 Å². The maximum Gasteiger partial charge on any atom is 0.325 e. The molecule has 1 atom stereocenters. The number of benzene rings is 2. The van der Waals surface area contributed by atoms with Crippen LogP contribution >= 0.6 is 11.6 Å². The smallest absolute Gasteiger partial charge is 0.323 e. The number of anilines is 1. The van der Waals surface area contributed by atoms with Crippen LogP contribution in [0.15, 0.2) is 54.6 Å². The highest BCUT2D eigenvalue weighted by molar-refractivity contribution is 6.33.